The highest BCUT2D eigenvalue weighted by Crippen LogP contribution is 1.99. The van der Waals surface area contributed by atoms with Gasteiger partial charge in [0.1, 0.15) is 0 Å². The van der Waals surface area contributed by atoms with E-state index in [2.05, 4.69) is 72.9 Å². The molecule has 0 saturated heterocycles. The van der Waals surface area contributed by atoms with Gasteiger partial charge in [0.05, 0.1) is 0 Å². The molecule has 0 radical (unpaired) electrons. The summed E-state index contributed by atoms with van der Waals surface area (Å²) >= 11 is 0. The van der Waals surface area contributed by atoms with Gasteiger partial charge in [0.2, 0.25) is 0 Å². The van der Waals surface area contributed by atoms with Gasteiger partial charge >= 0.3 is 0 Å². The molecule has 0 N–H and O–H groups in total. The summed E-state index contributed by atoms with van der Waals surface area (Å²) in [6.07, 6.45) is 33.0. The summed E-state index contributed by atoms with van der Waals surface area (Å²) in [5.41, 5.74) is 0. The lowest BCUT2D eigenvalue weighted by Gasteiger charge is -1.88. The Balaban J connectivity index is 2.40. The fourth-order valence-electron chi connectivity index (χ4n) is 1.64. The summed E-state index contributed by atoms with van der Waals surface area (Å²) in [4.78, 5) is 0. The Morgan fingerprint density at radius 1 is 0.333 bits per heavy atom. The van der Waals surface area contributed by atoms with Crippen LogP contribution in [0.25, 0.3) is 0 Å². The summed E-state index contributed by atoms with van der Waals surface area (Å²) in [5.74, 6) is 0. The molecule has 18 heavy (non-hydrogen) atoms. The summed E-state index contributed by atoms with van der Waals surface area (Å²) in [7, 11) is 0. The topological polar surface area (TPSA) is 0 Å². The molecule has 0 saturated carbocycles. The largest absolute Gasteiger partial charge is 0.0879 e. The van der Waals surface area contributed by atoms with Crippen molar-refractivity contribution in [2.45, 2.75) is 38.5 Å². The van der Waals surface area contributed by atoms with E-state index in [4.69, 9.17) is 0 Å². The molecule has 0 aromatic heterocycles. The van der Waals surface area contributed by atoms with Gasteiger partial charge in [0.25, 0.3) is 0 Å². The number of allylic oxidation sites excluding steroid dienone is 12. The monoisotopic (exact) mass is 240 g/mol. The fraction of sp³-hybridized carbons (Fsp3) is 0.333. The molecule has 0 aromatic rings. The Morgan fingerprint density at radius 2 is 0.722 bits per heavy atom. The predicted molar refractivity (Wildman–Crippen MR) is 82.5 cm³/mol. The lowest BCUT2D eigenvalue weighted by molar-refractivity contribution is 1.04. The van der Waals surface area contributed by atoms with Crippen molar-refractivity contribution >= 4 is 0 Å². The summed E-state index contributed by atoms with van der Waals surface area (Å²) in [6, 6.07) is 0. The van der Waals surface area contributed by atoms with Gasteiger partial charge in [0, 0.05) is 0 Å². The molecular formula is C18H24. The van der Waals surface area contributed by atoms with Gasteiger partial charge in [-0.1, -0.05) is 72.9 Å². The Labute approximate surface area is 112 Å². The minimum absolute atomic E-state index is 1.06. The van der Waals surface area contributed by atoms with Gasteiger partial charge < -0.3 is 0 Å². The van der Waals surface area contributed by atoms with Gasteiger partial charge in [-0.3, -0.25) is 0 Å². The summed E-state index contributed by atoms with van der Waals surface area (Å²) in [6.45, 7) is 0. The third-order valence-corrected chi connectivity index (χ3v) is 2.65. The van der Waals surface area contributed by atoms with E-state index in [1.54, 1.807) is 0 Å². The van der Waals surface area contributed by atoms with Gasteiger partial charge in [-0.2, -0.15) is 0 Å². The maximum Gasteiger partial charge on any atom is -0.0169 e. The lowest BCUT2D eigenvalue weighted by atomic mass is 10.2. The van der Waals surface area contributed by atoms with Gasteiger partial charge in [-0.05, 0) is 38.5 Å². The molecule has 0 unspecified atom stereocenters. The minimum atomic E-state index is 1.06. The molecule has 0 nitrogen and oxygen atoms in total. The second-order valence-electron chi connectivity index (χ2n) is 4.28. The van der Waals surface area contributed by atoms with Crippen LogP contribution in [-0.4, -0.2) is 0 Å². The van der Waals surface area contributed by atoms with Crippen LogP contribution in [-0.2, 0) is 0 Å². The van der Waals surface area contributed by atoms with Crippen molar-refractivity contribution < 1.29 is 0 Å². The van der Waals surface area contributed by atoms with Gasteiger partial charge in [-0.25, -0.2) is 0 Å². The van der Waals surface area contributed by atoms with Crippen molar-refractivity contribution in [1.29, 1.82) is 0 Å². The first kappa shape index (κ1) is 14.5. The smallest absolute Gasteiger partial charge is 0.0169 e. The standard InChI is InChI=1S/C18H24/c1-2-4-6-8-10-12-14-16-18-17-15-13-11-9-7-5-3-1/h1-6,11-14,17-18H,7-10,15-16H2/b2-1-,5-3?,6-4?,13-11?,14-12?,18-17-. The Hall–Kier alpha value is -1.56. The molecule has 1 aliphatic rings. The van der Waals surface area contributed by atoms with Crippen molar-refractivity contribution in [2.24, 2.45) is 0 Å². The lowest BCUT2D eigenvalue weighted by Crippen LogP contribution is -1.67. The molecule has 0 aromatic carbocycles. The maximum absolute atomic E-state index is 2.26. The third-order valence-electron chi connectivity index (χ3n) is 2.65. The van der Waals surface area contributed by atoms with E-state index in [9.17, 15) is 0 Å². The van der Waals surface area contributed by atoms with Crippen LogP contribution < -0.4 is 0 Å². The number of hydrogen-bond donors (Lipinski definition) is 0. The van der Waals surface area contributed by atoms with Gasteiger partial charge in [-0.15, -0.1) is 0 Å². The van der Waals surface area contributed by atoms with Crippen molar-refractivity contribution in [3.05, 3.63) is 72.9 Å². The van der Waals surface area contributed by atoms with Crippen LogP contribution in [0, 0.1) is 0 Å². The molecule has 1 rings (SSSR count). The van der Waals surface area contributed by atoms with Gasteiger partial charge in [0.15, 0.2) is 0 Å². The zero-order valence-corrected chi connectivity index (χ0v) is 11.2. The summed E-state index contributed by atoms with van der Waals surface area (Å²) < 4.78 is 0. The molecule has 0 atom stereocenters. The molecule has 1 aliphatic carbocycles. The molecule has 0 aliphatic heterocycles. The van der Waals surface area contributed by atoms with Crippen LogP contribution in [0.5, 0.6) is 0 Å². The van der Waals surface area contributed by atoms with Crippen LogP contribution in [0.3, 0.4) is 0 Å². The Kier molecular flexibility index (Phi) is 9.60. The average molecular weight is 240 g/mol. The van der Waals surface area contributed by atoms with Crippen LogP contribution in [0.1, 0.15) is 38.5 Å². The normalized spacial score (nSPS) is 22.2. The van der Waals surface area contributed by atoms with E-state index in [0.717, 1.165) is 38.5 Å². The SMILES string of the molecule is C1=CCCC=CC/C=C\CC=CCCC=C/C=C\1. The molecule has 0 fully saturated rings. The highest BCUT2D eigenvalue weighted by molar-refractivity contribution is 5.11. The number of rotatable bonds is 0. The van der Waals surface area contributed by atoms with Crippen LogP contribution in [0.15, 0.2) is 72.9 Å². The van der Waals surface area contributed by atoms with E-state index < -0.39 is 0 Å². The first-order valence-corrected chi connectivity index (χ1v) is 6.93. The zero-order chi connectivity index (χ0) is 12.7. The molecule has 0 spiro atoms. The molecular weight excluding hydrogens is 216 g/mol. The van der Waals surface area contributed by atoms with E-state index in [1.807, 2.05) is 0 Å². The second-order valence-corrected chi connectivity index (χ2v) is 4.28. The van der Waals surface area contributed by atoms with Crippen molar-refractivity contribution in [3.63, 3.8) is 0 Å². The average Bonchev–Trinajstić information content (AvgIpc) is 2.39. The van der Waals surface area contributed by atoms with E-state index in [-0.39, 0.29) is 0 Å². The quantitative estimate of drug-likeness (QED) is 0.478. The minimum Gasteiger partial charge on any atom is -0.0879 e. The van der Waals surface area contributed by atoms with Crippen LogP contribution in [0.2, 0.25) is 0 Å². The Bertz CT molecular complexity index is 314. The molecule has 0 bridgehead atoms. The van der Waals surface area contributed by atoms with Crippen LogP contribution in [0.4, 0.5) is 0 Å². The van der Waals surface area contributed by atoms with E-state index in [0.29, 0.717) is 0 Å². The number of hydrogen-bond acceptors (Lipinski definition) is 0. The third kappa shape index (κ3) is 9.65. The maximum atomic E-state index is 2.26. The van der Waals surface area contributed by atoms with E-state index in [1.165, 1.54) is 0 Å². The Morgan fingerprint density at radius 3 is 1.22 bits per heavy atom. The fourth-order valence-corrected chi connectivity index (χ4v) is 1.64. The second kappa shape index (κ2) is 11.9. The molecule has 0 heteroatoms. The summed E-state index contributed by atoms with van der Waals surface area (Å²) in [5, 5.41) is 0. The van der Waals surface area contributed by atoms with Crippen molar-refractivity contribution in [2.75, 3.05) is 0 Å². The molecule has 0 heterocycles. The molecule has 0 amide bonds. The van der Waals surface area contributed by atoms with Crippen LogP contribution >= 0.6 is 0 Å². The first-order chi connectivity index (χ1) is 9.00. The predicted octanol–water partition coefficient (Wildman–Crippen LogP) is 5.68. The zero-order valence-electron chi connectivity index (χ0n) is 11.2. The van der Waals surface area contributed by atoms with Crippen molar-refractivity contribution in [3.8, 4) is 0 Å². The highest BCUT2D eigenvalue weighted by atomic mass is 13.8. The highest BCUT2D eigenvalue weighted by Gasteiger charge is 1.78. The molecule has 96 valence electrons. The first-order valence-electron chi connectivity index (χ1n) is 6.93. The van der Waals surface area contributed by atoms with E-state index >= 15 is 0 Å². The van der Waals surface area contributed by atoms with Crippen molar-refractivity contribution in [1.82, 2.24) is 0 Å².